The molecule has 152 valence electrons. The van der Waals surface area contributed by atoms with Gasteiger partial charge in [-0.2, -0.15) is 13.2 Å². The average molecular weight is 437 g/mol. The number of ether oxygens (including phenoxy) is 1. The molecule has 0 radical (unpaired) electrons. The van der Waals surface area contributed by atoms with Crippen LogP contribution in [0.15, 0.2) is 48.5 Å². The van der Waals surface area contributed by atoms with Crippen molar-refractivity contribution in [3.63, 3.8) is 0 Å². The van der Waals surface area contributed by atoms with Gasteiger partial charge in [0.2, 0.25) is 0 Å². The van der Waals surface area contributed by atoms with Crippen molar-refractivity contribution in [2.24, 2.45) is 0 Å². The zero-order valence-corrected chi connectivity index (χ0v) is 16.0. The van der Waals surface area contributed by atoms with Crippen molar-refractivity contribution < 1.29 is 31.1 Å². The number of amides is 1. The highest BCUT2D eigenvalue weighted by Crippen LogP contribution is 2.28. The van der Waals surface area contributed by atoms with E-state index in [1.807, 2.05) is 0 Å². The van der Waals surface area contributed by atoms with E-state index in [1.54, 1.807) is 24.3 Å². The third kappa shape index (κ3) is 5.60. The molecule has 0 spiro atoms. The number of hydrazine groups is 1. The molecule has 11 heteroatoms. The standard InChI is InChI=1S/C17H16ClF3N2O4S/c1-27-16(24)23-22-15(13-6-8-14(18)9-7-13)12-4-2-11(3-5-12)10-28(25,26)17(19,20)21/h2-9,15,22H,10H2,1H3,(H,23,24). The number of rotatable bonds is 6. The zero-order valence-electron chi connectivity index (χ0n) is 14.5. The Bertz CT molecular complexity index is 917. The molecule has 1 unspecified atom stereocenters. The number of benzene rings is 2. The molecule has 2 aromatic rings. The van der Waals surface area contributed by atoms with Crippen molar-refractivity contribution in [3.05, 3.63) is 70.2 Å². The molecular weight excluding hydrogens is 421 g/mol. The first-order valence-electron chi connectivity index (χ1n) is 7.76. The van der Waals surface area contributed by atoms with E-state index in [2.05, 4.69) is 15.6 Å². The lowest BCUT2D eigenvalue weighted by Gasteiger charge is -2.20. The van der Waals surface area contributed by atoms with Gasteiger partial charge in [-0.05, 0) is 28.8 Å². The number of sulfone groups is 1. The highest BCUT2D eigenvalue weighted by molar-refractivity contribution is 7.91. The van der Waals surface area contributed by atoms with Crippen LogP contribution in [0.2, 0.25) is 5.02 Å². The van der Waals surface area contributed by atoms with E-state index >= 15 is 0 Å². The van der Waals surface area contributed by atoms with Gasteiger partial charge in [-0.3, -0.25) is 5.43 Å². The number of methoxy groups -OCH3 is 1. The summed E-state index contributed by atoms with van der Waals surface area (Å²) in [7, 11) is -4.08. The molecule has 6 nitrogen and oxygen atoms in total. The fourth-order valence-corrected chi connectivity index (χ4v) is 3.22. The third-order valence-corrected chi connectivity index (χ3v) is 5.40. The highest BCUT2D eigenvalue weighted by Gasteiger charge is 2.45. The van der Waals surface area contributed by atoms with Crippen molar-refractivity contribution in [2.45, 2.75) is 17.3 Å². The maximum Gasteiger partial charge on any atom is 0.497 e. The van der Waals surface area contributed by atoms with Gasteiger partial charge < -0.3 is 4.74 Å². The first kappa shape index (κ1) is 22.0. The van der Waals surface area contributed by atoms with Crippen molar-refractivity contribution in [1.82, 2.24) is 10.9 Å². The second kappa shape index (κ2) is 8.80. The molecule has 1 amide bonds. The van der Waals surface area contributed by atoms with Crippen LogP contribution in [0.3, 0.4) is 0 Å². The van der Waals surface area contributed by atoms with E-state index in [1.165, 1.54) is 31.4 Å². The molecule has 0 saturated carbocycles. The second-order valence-electron chi connectivity index (χ2n) is 5.69. The SMILES string of the molecule is COC(=O)NNC(c1ccc(Cl)cc1)c1ccc(CS(=O)(=O)C(F)(F)F)cc1. The minimum atomic E-state index is -5.32. The van der Waals surface area contributed by atoms with Crippen LogP contribution in [0.5, 0.6) is 0 Å². The van der Waals surface area contributed by atoms with Crippen molar-refractivity contribution in [1.29, 1.82) is 0 Å². The average Bonchev–Trinajstić information content (AvgIpc) is 2.63. The molecule has 1 atom stereocenters. The summed E-state index contributed by atoms with van der Waals surface area (Å²) in [6.45, 7) is 0. The van der Waals surface area contributed by atoms with Crippen LogP contribution in [0, 0.1) is 0 Å². The number of nitrogens with one attached hydrogen (secondary N) is 2. The molecular formula is C17H16ClF3N2O4S. The molecule has 2 aromatic carbocycles. The molecule has 0 heterocycles. The Morgan fingerprint density at radius 1 is 1.07 bits per heavy atom. The molecule has 0 aromatic heterocycles. The van der Waals surface area contributed by atoms with Crippen LogP contribution in [0.1, 0.15) is 22.7 Å². The molecule has 28 heavy (non-hydrogen) atoms. The minimum absolute atomic E-state index is 0.0168. The van der Waals surface area contributed by atoms with Crippen LogP contribution in [-0.2, 0) is 20.3 Å². The number of halogens is 4. The molecule has 2 N–H and O–H groups in total. The summed E-state index contributed by atoms with van der Waals surface area (Å²) in [6.07, 6.45) is -0.744. The van der Waals surface area contributed by atoms with E-state index in [0.29, 0.717) is 16.1 Å². The summed E-state index contributed by atoms with van der Waals surface area (Å²) in [5.74, 6) is -1.16. The summed E-state index contributed by atoms with van der Waals surface area (Å²) < 4.78 is 64.7. The van der Waals surface area contributed by atoms with Crippen LogP contribution in [0.4, 0.5) is 18.0 Å². The van der Waals surface area contributed by atoms with E-state index in [9.17, 15) is 26.4 Å². The Morgan fingerprint density at radius 3 is 2.04 bits per heavy atom. The van der Waals surface area contributed by atoms with Gasteiger partial charge in [0.25, 0.3) is 9.84 Å². The number of hydrogen-bond acceptors (Lipinski definition) is 5. The topological polar surface area (TPSA) is 84.5 Å². The molecule has 0 aliphatic heterocycles. The summed E-state index contributed by atoms with van der Waals surface area (Å²) in [4.78, 5) is 11.3. The summed E-state index contributed by atoms with van der Waals surface area (Å²) in [5.41, 5.74) is 0.997. The highest BCUT2D eigenvalue weighted by atomic mass is 35.5. The van der Waals surface area contributed by atoms with E-state index < -0.39 is 33.2 Å². The van der Waals surface area contributed by atoms with Crippen molar-refractivity contribution in [3.8, 4) is 0 Å². The lowest BCUT2D eigenvalue weighted by molar-refractivity contribution is -0.0437. The second-order valence-corrected chi connectivity index (χ2v) is 8.11. The van der Waals surface area contributed by atoms with Gasteiger partial charge in [0.1, 0.15) is 0 Å². The number of carbonyl (C=O) groups excluding carboxylic acids is 1. The maximum absolute atomic E-state index is 12.5. The minimum Gasteiger partial charge on any atom is -0.452 e. The Morgan fingerprint density at radius 2 is 1.57 bits per heavy atom. The quantitative estimate of drug-likeness (QED) is 0.674. The van der Waals surface area contributed by atoms with Crippen LogP contribution < -0.4 is 10.9 Å². The monoisotopic (exact) mass is 436 g/mol. The lowest BCUT2D eigenvalue weighted by Crippen LogP contribution is -2.40. The maximum atomic E-state index is 12.5. The molecule has 0 saturated heterocycles. The van der Waals surface area contributed by atoms with Gasteiger partial charge in [0, 0.05) is 5.02 Å². The van der Waals surface area contributed by atoms with Crippen molar-refractivity contribution >= 4 is 27.5 Å². The summed E-state index contributed by atoms with van der Waals surface area (Å²) >= 11 is 5.87. The number of hydrogen-bond donors (Lipinski definition) is 2. The Hall–Kier alpha value is -2.30. The first-order valence-corrected chi connectivity index (χ1v) is 9.79. The van der Waals surface area contributed by atoms with Gasteiger partial charge in [0.05, 0.1) is 18.9 Å². The largest absolute Gasteiger partial charge is 0.497 e. The lowest BCUT2D eigenvalue weighted by atomic mass is 9.98. The first-order chi connectivity index (χ1) is 13.0. The molecule has 0 fully saturated rings. The Kier molecular flexibility index (Phi) is 6.91. The fourth-order valence-electron chi connectivity index (χ4n) is 2.30. The van der Waals surface area contributed by atoms with Crippen LogP contribution >= 0.6 is 11.6 Å². The van der Waals surface area contributed by atoms with Crippen molar-refractivity contribution in [2.75, 3.05) is 7.11 Å². The smallest absolute Gasteiger partial charge is 0.452 e. The van der Waals surface area contributed by atoms with Crippen LogP contribution in [0.25, 0.3) is 0 Å². The van der Waals surface area contributed by atoms with Gasteiger partial charge >= 0.3 is 11.6 Å². The predicted molar refractivity (Wildman–Crippen MR) is 97.1 cm³/mol. The van der Waals surface area contributed by atoms with E-state index in [0.717, 1.165) is 0 Å². The predicted octanol–water partition coefficient (Wildman–Crippen LogP) is 3.72. The number of carbonyl (C=O) groups is 1. The third-order valence-electron chi connectivity index (χ3n) is 3.73. The van der Waals surface area contributed by atoms with E-state index in [-0.39, 0.29) is 5.56 Å². The normalized spacial score (nSPS) is 13.0. The van der Waals surface area contributed by atoms with Gasteiger partial charge in [0.15, 0.2) is 0 Å². The zero-order chi connectivity index (χ0) is 20.9. The van der Waals surface area contributed by atoms with E-state index in [4.69, 9.17) is 11.6 Å². The summed E-state index contributed by atoms with van der Waals surface area (Å²) in [6, 6.07) is 11.6. The Balaban J connectivity index is 2.28. The molecule has 0 aliphatic carbocycles. The molecule has 0 bridgehead atoms. The fraction of sp³-hybridized carbons (Fsp3) is 0.235. The molecule has 2 rings (SSSR count). The van der Waals surface area contributed by atoms with Gasteiger partial charge in [-0.25, -0.2) is 18.6 Å². The van der Waals surface area contributed by atoms with Gasteiger partial charge in [-0.1, -0.05) is 48.0 Å². The summed E-state index contributed by atoms with van der Waals surface area (Å²) in [5, 5.41) is 0.496. The Labute approximate surface area is 164 Å². The van der Waals surface area contributed by atoms with Crippen LogP contribution in [-0.4, -0.2) is 27.1 Å². The van der Waals surface area contributed by atoms with Gasteiger partial charge in [-0.15, -0.1) is 0 Å². The molecule has 0 aliphatic rings. The number of alkyl halides is 3.